The van der Waals surface area contributed by atoms with Gasteiger partial charge in [-0.1, -0.05) is 56.3 Å². The SMILES string of the molecule is CCN(CC)CCC1CCC1CC(=O)c1c(C)[nH]c(/C=C2\C(=O)[C@H]3CCC3c3ccccc32)c1-c1ccccc1OC. The number of para-hydroxylation sites is 1. The Hall–Kier alpha value is -3.44. The van der Waals surface area contributed by atoms with Crippen molar-refractivity contribution < 1.29 is 14.3 Å². The molecule has 0 amide bonds. The van der Waals surface area contributed by atoms with Gasteiger partial charge in [0.1, 0.15) is 5.75 Å². The van der Waals surface area contributed by atoms with E-state index in [9.17, 15) is 9.59 Å². The van der Waals surface area contributed by atoms with Crippen LogP contribution in [0.5, 0.6) is 5.75 Å². The summed E-state index contributed by atoms with van der Waals surface area (Å²) in [5.74, 6) is 2.56. The molecule has 1 N–H and O–H groups in total. The smallest absolute Gasteiger partial charge is 0.167 e. The van der Waals surface area contributed by atoms with E-state index in [1.54, 1.807) is 7.11 Å². The number of nitrogens with zero attached hydrogens (tertiary/aromatic N) is 1. The number of H-pyrrole nitrogens is 1. The van der Waals surface area contributed by atoms with Gasteiger partial charge in [-0.25, -0.2) is 0 Å². The van der Waals surface area contributed by atoms with Gasteiger partial charge in [0.2, 0.25) is 0 Å². The zero-order valence-electron chi connectivity index (χ0n) is 25.5. The first-order valence-corrected chi connectivity index (χ1v) is 15.9. The Kier molecular flexibility index (Phi) is 8.22. The summed E-state index contributed by atoms with van der Waals surface area (Å²) < 4.78 is 5.79. The predicted octanol–water partition coefficient (Wildman–Crippen LogP) is 7.95. The molecule has 2 fully saturated rings. The lowest BCUT2D eigenvalue weighted by molar-refractivity contribution is -0.120. The number of hydrogen-bond donors (Lipinski definition) is 1. The van der Waals surface area contributed by atoms with Crippen molar-refractivity contribution in [2.24, 2.45) is 17.8 Å². The Morgan fingerprint density at radius 1 is 0.952 bits per heavy atom. The molecule has 2 saturated carbocycles. The zero-order valence-corrected chi connectivity index (χ0v) is 25.5. The molecule has 4 atom stereocenters. The highest BCUT2D eigenvalue weighted by atomic mass is 16.5. The minimum Gasteiger partial charge on any atom is -0.496 e. The van der Waals surface area contributed by atoms with Gasteiger partial charge in [-0.05, 0) is 99.7 Å². The summed E-state index contributed by atoms with van der Waals surface area (Å²) in [5, 5.41) is 0. The second kappa shape index (κ2) is 12.0. The molecule has 2 aromatic carbocycles. The molecule has 1 heterocycles. The molecule has 0 aliphatic heterocycles. The van der Waals surface area contributed by atoms with Crippen LogP contribution in [0.25, 0.3) is 22.8 Å². The summed E-state index contributed by atoms with van der Waals surface area (Å²) in [6.07, 6.45) is 8.08. The molecule has 42 heavy (non-hydrogen) atoms. The first kappa shape index (κ1) is 28.7. The summed E-state index contributed by atoms with van der Waals surface area (Å²) in [4.78, 5) is 34.0. The molecule has 0 bridgehead atoms. The minimum atomic E-state index is 0.0601. The van der Waals surface area contributed by atoms with Crippen LogP contribution in [-0.2, 0) is 4.79 Å². The standard InChI is InChI=1S/C37H44N2O3/c1-5-39(6-2)20-19-24-15-16-25(24)21-33(40)35-23(3)38-32(36(35)30-13-9-10-14-34(30)42-4)22-31-27-12-8-7-11-26(27)28-17-18-29(28)37(31)41/h7-14,22,24-25,28-29,38H,5-6,15-21H2,1-4H3/b31-22-/t24?,25?,28?,29-/m0/s1. The van der Waals surface area contributed by atoms with Crippen molar-refractivity contribution in [3.05, 3.63) is 76.6 Å². The summed E-state index contributed by atoms with van der Waals surface area (Å²) in [7, 11) is 1.67. The van der Waals surface area contributed by atoms with E-state index in [2.05, 4.69) is 41.9 Å². The van der Waals surface area contributed by atoms with Crippen molar-refractivity contribution in [1.82, 2.24) is 9.88 Å². The number of fused-ring (bicyclic) bond motifs is 3. The average Bonchev–Trinajstić information content (AvgIpc) is 3.30. The second-order valence-corrected chi connectivity index (χ2v) is 12.5. The topological polar surface area (TPSA) is 62.4 Å². The number of Topliss-reactive ketones (excluding diaryl/α,β-unsaturated/α-hetero) is 2. The lowest BCUT2D eigenvalue weighted by Gasteiger charge is -2.41. The van der Waals surface area contributed by atoms with Crippen LogP contribution in [0.4, 0.5) is 0 Å². The van der Waals surface area contributed by atoms with Crippen molar-refractivity contribution >= 4 is 23.2 Å². The number of ether oxygens (including phenoxy) is 1. The van der Waals surface area contributed by atoms with Crippen molar-refractivity contribution in [3.63, 3.8) is 0 Å². The van der Waals surface area contributed by atoms with Crippen molar-refractivity contribution in [1.29, 1.82) is 0 Å². The number of aryl methyl sites for hydroxylation is 1. The number of ketones is 2. The largest absolute Gasteiger partial charge is 0.496 e. The van der Waals surface area contributed by atoms with Gasteiger partial charge in [0.15, 0.2) is 11.6 Å². The number of carbonyl (C=O) groups excluding carboxylic acids is 2. The monoisotopic (exact) mass is 564 g/mol. The van der Waals surface area contributed by atoms with E-state index < -0.39 is 0 Å². The molecular weight excluding hydrogens is 520 g/mol. The number of nitrogens with one attached hydrogen (secondary N) is 1. The summed E-state index contributed by atoms with van der Waals surface area (Å²) in [6.45, 7) is 9.68. The molecule has 0 radical (unpaired) electrons. The molecule has 1 aromatic heterocycles. The van der Waals surface area contributed by atoms with E-state index in [1.807, 2.05) is 43.3 Å². The molecule has 3 aliphatic rings. The van der Waals surface area contributed by atoms with Crippen LogP contribution in [0.2, 0.25) is 0 Å². The molecule has 0 saturated heterocycles. The molecule has 3 aromatic rings. The van der Waals surface area contributed by atoms with E-state index >= 15 is 0 Å². The summed E-state index contributed by atoms with van der Waals surface area (Å²) >= 11 is 0. The van der Waals surface area contributed by atoms with Crippen LogP contribution >= 0.6 is 0 Å². The van der Waals surface area contributed by atoms with Gasteiger partial charge in [0.05, 0.1) is 7.11 Å². The minimum absolute atomic E-state index is 0.0601. The Morgan fingerprint density at radius 2 is 1.64 bits per heavy atom. The third kappa shape index (κ3) is 5.06. The summed E-state index contributed by atoms with van der Waals surface area (Å²) in [5.41, 5.74) is 7.18. The molecule has 3 unspecified atom stereocenters. The number of carbonyl (C=O) groups is 2. The third-order valence-electron chi connectivity index (χ3n) is 10.4. The lowest BCUT2D eigenvalue weighted by atomic mass is 9.61. The maximum atomic E-state index is 14.2. The van der Waals surface area contributed by atoms with Gasteiger partial charge < -0.3 is 14.6 Å². The molecule has 0 spiro atoms. The van der Waals surface area contributed by atoms with Gasteiger partial charge in [-0.3, -0.25) is 9.59 Å². The van der Waals surface area contributed by atoms with Crippen LogP contribution in [0.15, 0.2) is 48.5 Å². The van der Waals surface area contributed by atoms with Gasteiger partial charge in [-0.2, -0.15) is 0 Å². The fraction of sp³-hybridized carbons (Fsp3) is 0.459. The van der Waals surface area contributed by atoms with E-state index in [-0.39, 0.29) is 17.5 Å². The normalized spacial score (nSPS) is 23.7. The fourth-order valence-corrected chi connectivity index (χ4v) is 7.63. The second-order valence-electron chi connectivity index (χ2n) is 12.5. The van der Waals surface area contributed by atoms with Crippen LogP contribution in [0.3, 0.4) is 0 Å². The highest BCUT2D eigenvalue weighted by Gasteiger charge is 2.44. The van der Waals surface area contributed by atoms with E-state index in [1.165, 1.54) is 12.0 Å². The van der Waals surface area contributed by atoms with Crippen LogP contribution in [0, 0.1) is 24.7 Å². The van der Waals surface area contributed by atoms with Crippen molar-refractivity contribution in [3.8, 4) is 16.9 Å². The molecule has 5 heteroatoms. The fourth-order valence-electron chi connectivity index (χ4n) is 7.63. The van der Waals surface area contributed by atoms with Crippen molar-refractivity contribution in [2.75, 3.05) is 26.7 Å². The quantitative estimate of drug-likeness (QED) is 0.190. The van der Waals surface area contributed by atoms with E-state index in [0.717, 1.165) is 90.3 Å². The van der Waals surface area contributed by atoms with Crippen LogP contribution < -0.4 is 4.74 Å². The van der Waals surface area contributed by atoms with Gasteiger partial charge >= 0.3 is 0 Å². The number of benzene rings is 2. The maximum absolute atomic E-state index is 14.2. The van der Waals surface area contributed by atoms with Gasteiger partial charge in [0.25, 0.3) is 0 Å². The summed E-state index contributed by atoms with van der Waals surface area (Å²) in [6, 6.07) is 16.3. The van der Waals surface area contributed by atoms with Crippen LogP contribution in [0.1, 0.15) is 91.2 Å². The maximum Gasteiger partial charge on any atom is 0.167 e. The van der Waals surface area contributed by atoms with Gasteiger partial charge in [-0.15, -0.1) is 0 Å². The van der Waals surface area contributed by atoms with E-state index in [4.69, 9.17) is 4.74 Å². The third-order valence-corrected chi connectivity index (χ3v) is 10.4. The Balaban J connectivity index is 1.39. The molecule has 3 aliphatic carbocycles. The average molecular weight is 565 g/mol. The van der Waals surface area contributed by atoms with E-state index in [0.29, 0.717) is 24.2 Å². The predicted molar refractivity (Wildman–Crippen MR) is 170 cm³/mol. The number of rotatable bonds is 11. The molecule has 220 valence electrons. The number of hydrogen-bond acceptors (Lipinski definition) is 4. The highest BCUT2D eigenvalue weighted by molar-refractivity contribution is 6.28. The number of methoxy groups -OCH3 is 1. The lowest BCUT2D eigenvalue weighted by Crippen LogP contribution is -2.36. The Labute approximate surface area is 250 Å². The first-order valence-electron chi connectivity index (χ1n) is 15.9. The number of allylic oxidation sites excluding steroid dienone is 1. The number of aromatic nitrogens is 1. The van der Waals surface area contributed by atoms with Crippen molar-refractivity contribution in [2.45, 2.75) is 65.2 Å². The number of aromatic amines is 1. The Bertz CT molecular complexity index is 1510. The highest BCUT2D eigenvalue weighted by Crippen LogP contribution is 2.52. The van der Waals surface area contributed by atoms with Crippen LogP contribution in [-0.4, -0.2) is 48.2 Å². The first-order chi connectivity index (χ1) is 20.4. The Morgan fingerprint density at radius 3 is 2.31 bits per heavy atom. The van der Waals surface area contributed by atoms with Gasteiger partial charge in [0, 0.05) is 46.0 Å². The molecule has 6 rings (SSSR count). The molecule has 5 nitrogen and oxygen atoms in total. The molecular formula is C37H44N2O3. The zero-order chi connectivity index (χ0) is 29.4.